The van der Waals surface area contributed by atoms with Gasteiger partial charge in [0, 0.05) is 17.5 Å². The fourth-order valence-electron chi connectivity index (χ4n) is 1.50. The molecule has 1 rings (SSSR count). The van der Waals surface area contributed by atoms with Gasteiger partial charge in [-0.1, -0.05) is 27.7 Å². The van der Waals surface area contributed by atoms with Crippen molar-refractivity contribution in [3.05, 3.63) is 12.2 Å². The van der Waals surface area contributed by atoms with Crippen LogP contribution in [-0.2, 0) is 7.05 Å². The summed E-state index contributed by atoms with van der Waals surface area (Å²) in [6, 6.07) is 0.284. The molecule has 0 amide bonds. The van der Waals surface area contributed by atoms with Gasteiger partial charge in [-0.15, -0.1) is 0 Å². The van der Waals surface area contributed by atoms with E-state index >= 15 is 0 Å². The zero-order valence-corrected chi connectivity index (χ0v) is 12.3. The number of aryl methyl sites for hydroxylation is 1. The van der Waals surface area contributed by atoms with E-state index in [2.05, 4.69) is 43.1 Å². The monoisotopic (exact) mass is 256 g/mol. The zero-order chi connectivity index (χ0) is 12.9. The Morgan fingerprint density at radius 1 is 1.47 bits per heavy atom. The lowest BCUT2D eigenvalue weighted by Crippen LogP contribution is -2.28. The minimum absolute atomic E-state index is 0.282. The van der Waals surface area contributed by atoms with Crippen molar-refractivity contribution in [2.45, 2.75) is 44.9 Å². The van der Waals surface area contributed by atoms with Gasteiger partial charge in [0.25, 0.3) is 0 Å². The van der Waals surface area contributed by atoms with Crippen LogP contribution in [0.4, 0.5) is 0 Å². The summed E-state index contributed by atoms with van der Waals surface area (Å²) in [5, 5.41) is 7.69. The van der Waals surface area contributed by atoms with Gasteiger partial charge in [0.1, 0.15) is 12.2 Å². The van der Waals surface area contributed by atoms with Crippen LogP contribution < -0.4 is 5.32 Å². The number of hydrogen-bond acceptors (Lipinski definition) is 4. The molecule has 1 N–H and O–H groups in total. The Bertz CT molecular complexity index is 329. The normalized spacial score (nSPS) is 13.9. The van der Waals surface area contributed by atoms with E-state index < -0.39 is 0 Å². The highest BCUT2D eigenvalue weighted by Crippen LogP contribution is 2.27. The van der Waals surface area contributed by atoms with Crippen LogP contribution in [0.1, 0.15) is 46.0 Å². The largest absolute Gasteiger partial charge is 0.307 e. The number of aromatic nitrogens is 3. The van der Waals surface area contributed by atoms with E-state index in [1.807, 2.05) is 23.5 Å². The average molecular weight is 256 g/mol. The maximum absolute atomic E-state index is 4.35. The molecular formula is C12H24N4S. The first kappa shape index (κ1) is 14.5. The van der Waals surface area contributed by atoms with Gasteiger partial charge in [-0.3, -0.25) is 4.68 Å². The van der Waals surface area contributed by atoms with Gasteiger partial charge in [-0.25, -0.2) is 4.98 Å². The molecule has 1 atom stereocenters. The standard InChI is InChI=1S/C12H24N4S/c1-6-7-13-10(8-17-12(2,3)4)11-14-9-15-16(11)5/h9-10,13H,6-8H2,1-5H3. The number of nitrogens with one attached hydrogen (secondary N) is 1. The summed E-state index contributed by atoms with van der Waals surface area (Å²) in [5.41, 5.74) is 0. The fourth-order valence-corrected chi connectivity index (χ4v) is 2.43. The van der Waals surface area contributed by atoms with Crippen LogP contribution in [0.5, 0.6) is 0 Å². The van der Waals surface area contributed by atoms with E-state index in [9.17, 15) is 0 Å². The Hall–Kier alpha value is -0.550. The third-order valence-electron chi connectivity index (χ3n) is 2.38. The van der Waals surface area contributed by atoms with Crippen molar-refractivity contribution in [3.8, 4) is 0 Å². The summed E-state index contributed by atoms with van der Waals surface area (Å²) in [7, 11) is 1.95. The van der Waals surface area contributed by atoms with Crippen molar-refractivity contribution in [2.24, 2.45) is 7.05 Å². The van der Waals surface area contributed by atoms with E-state index in [0.717, 1.165) is 24.5 Å². The van der Waals surface area contributed by atoms with E-state index in [1.54, 1.807) is 6.33 Å². The first-order chi connectivity index (χ1) is 7.94. The molecule has 17 heavy (non-hydrogen) atoms. The molecule has 0 bridgehead atoms. The van der Waals surface area contributed by atoms with Gasteiger partial charge < -0.3 is 5.32 Å². The number of hydrogen-bond donors (Lipinski definition) is 1. The molecule has 1 heterocycles. The van der Waals surface area contributed by atoms with Crippen LogP contribution in [0.25, 0.3) is 0 Å². The van der Waals surface area contributed by atoms with E-state index in [-0.39, 0.29) is 10.8 Å². The van der Waals surface area contributed by atoms with Crippen molar-refractivity contribution in [1.29, 1.82) is 0 Å². The molecule has 4 nitrogen and oxygen atoms in total. The Morgan fingerprint density at radius 3 is 2.65 bits per heavy atom. The van der Waals surface area contributed by atoms with Gasteiger partial charge >= 0.3 is 0 Å². The van der Waals surface area contributed by atoms with E-state index in [4.69, 9.17) is 0 Å². The van der Waals surface area contributed by atoms with Gasteiger partial charge in [-0.2, -0.15) is 16.9 Å². The maximum Gasteiger partial charge on any atom is 0.144 e. The first-order valence-corrected chi connectivity index (χ1v) is 7.14. The van der Waals surface area contributed by atoms with E-state index in [0.29, 0.717) is 0 Å². The second kappa shape index (κ2) is 6.40. The minimum atomic E-state index is 0.282. The minimum Gasteiger partial charge on any atom is -0.307 e. The summed E-state index contributed by atoms with van der Waals surface area (Å²) in [5.74, 6) is 2.05. The maximum atomic E-state index is 4.35. The summed E-state index contributed by atoms with van der Waals surface area (Å²) in [6.07, 6.45) is 2.76. The summed E-state index contributed by atoms with van der Waals surface area (Å²) in [4.78, 5) is 4.35. The molecule has 0 radical (unpaired) electrons. The summed E-state index contributed by atoms with van der Waals surface area (Å²) in [6.45, 7) is 9.92. The Balaban J connectivity index is 2.64. The quantitative estimate of drug-likeness (QED) is 0.848. The SMILES string of the molecule is CCCNC(CSC(C)(C)C)c1ncnn1C. The summed E-state index contributed by atoms with van der Waals surface area (Å²) >= 11 is 1.96. The number of thioether (sulfide) groups is 1. The second-order valence-corrected chi connectivity index (χ2v) is 7.02. The Kier molecular flexibility index (Phi) is 5.46. The predicted octanol–water partition coefficient (Wildman–Crippen LogP) is 2.39. The van der Waals surface area contributed by atoms with E-state index in [1.165, 1.54) is 0 Å². The predicted molar refractivity (Wildman–Crippen MR) is 74.2 cm³/mol. The van der Waals surface area contributed by atoms with Crippen molar-refractivity contribution < 1.29 is 0 Å². The molecule has 5 heteroatoms. The Labute approximate surface area is 109 Å². The average Bonchev–Trinajstić information content (AvgIpc) is 2.63. The lowest BCUT2D eigenvalue weighted by Gasteiger charge is -2.23. The molecule has 1 aromatic heterocycles. The molecule has 0 spiro atoms. The molecule has 1 unspecified atom stereocenters. The molecule has 0 saturated heterocycles. The number of nitrogens with zero attached hydrogens (tertiary/aromatic N) is 3. The van der Waals surface area contributed by atoms with Gasteiger partial charge in [0.15, 0.2) is 0 Å². The molecule has 0 aliphatic rings. The highest BCUT2D eigenvalue weighted by Gasteiger charge is 2.19. The third-order valence-corrected chi connectivity index (χ3v) is 3.75. The lowest BCUT2D eigenvalue weighted by molar-refractivity contribution is 0.522. The highest BCUT2D eigenvalue weighted by atomic mass is 32.2. The fraction of sp³-hybridized carbons (Fsp3) is 0.833. The Morgan fingerprint density at radius 2 is 2.18 bits per heavy atom. The lowest BCUT2D eigenvalue weighted by atomic mass is 10.3. The molecular weight excluding hydrogens is 232 g/mol. The van der Waals surface area contributed by atoms with Crippen LogP contribution in [0.3, 0.4) is 0 Å². The van der Waals surface area contributed by atoms with Crippen LogP contribution in [0, 0.1) is 0 Å². The smallest absolute Gasteiger partial charge is 0.144 e. The van der Waals surface area contributed by atoms with Crippen LogP contribution >= 0.6 is 11.8 Å². The van der Waals surface area contributed by atoms with Gasteiger partial charge in [0.2, 0.25) is 0 Å². The third kappa shape index (κ3) is 5.08. The molecule has 0 aliphatic heterocycles. The van der Waals surface area contributed by atoms with Crippen LogP contribution in [0.2, 0.25) is 0 Å². The van der Waals surface area contributed by atoms with Crippen molar-refractivity contribution in [2.75, 3.05) is 12.3 Å². The topological polar surface area (TPSA) is 42.7 Å². The zero-order valence-electron chi connectivity index (χ0n) is 11.5. The molecule has 1 aromatic rings. The second-order valence-electron chi connectivity index (χ2n) is 5.17. The molecule has 0 saturated carbocycles. The molecule has 0 aliphatic carbocycles. The van der Waals surface area contributed by atoms with Crippen molar-refractivity contribution in [1.82, 2.24) is 20.1 Å². The molecule has 98 valence electrons. The van der Waals surface area contributed by atoms with Crippen molar-refractivity contribution in [3.63, 3.8) is 0 Å². The molecule has 0 fully saturated rings. The van der Waals surface area contributed by atoms with Gasteiger partial charge in [-0.05, 0) is 13.0 Å². The highest BCUT2D eigenvalue weighted by molar-refractivity contribution is 8.00. The van der Waals surface area contributed by atoms with Gasteiger partial charge in [0.05, 0.1) is 6.04 Å². The van der Waals surface area contributed by atoms with Crippen LogP contribution in [0.15, 0.2) is 6.33 Å². The first-order valence-electron chi connectivity index (χ1n) is 6.15. The number of rotatable bonds is 6. The molecule has 0 aromatic carbocycles. The van der Waals surface area contributed by atoms with Crippen molar-refractivity contribution >= 4 is 11.8 Å². The summed E-state index contributed by atoms with van der Waals surface area (Å²) < 4.78 is 2.14. The van der Waals surface area contributed by atoms with Crippen LogP contribution in [-0.4, -0.2) is 31.8 Å².